The van der Waals surface area contributed by atoms with Gasteiger partial charge in [-0.05, 0) is 18.4 Å². The van der Waals surface area contributed by atoms with Crippen molar-refractivity contribution in [1.29, 1.82) is 0 Å². The van der Waals surface area contributed by atoms with Gasteiger partial charge in [0.25, 0.3) is 0 Å². The highest BCUT2D eigenvalue weighted by atomic mass is 16.4. The third-order valence-corrected chi connectivity index (χ3v) is 3.17. The van der Waals surface area contributed by atoms with Crippen LogP contribution in [0.5, 0.6) is 0 Å². The number of hydrogen-bond acceptors (Lipinski definition) is 3. The Morgan fingerprint density at radius 1 is 1.28 bits per heavy atom. The molecule has 0 bridgehead atoms. The molecule has 0 aromatic heterocycles. The van der Waals surface area contributed by atoms with Crippen molar-refractivity contribution in [2.75, 3.05) is 13.1 Å². The standard InChI is InChI=1S/C13H17N3O2/c14-13(15-18)11-5-3-10(4-6-11)9-12(17)16-7-1-2-8-16/h3-6,18H,1-2,7-9H2,(H2,14,15). The summed E-state index contributed by atoms with van der Waals surface area (Å²) in [5.74, 6) is 0.247. The van der Waals surface area contributed by atoms with Crippen LogP contribution in [0.2, 0.25) is 0 Å². The molecule has 1 fully saturated rings. The van der Waals surface area contributed by atoms with Crippen molar-refractivity contribution in [2.24, 2.45) is 10.9 Å². The van der Waals surface area contributed by atoms with Gasteiger partial charge in [0, 0.05) is 18.7 Å². The average molecular weight is 247 g/mol. The number of hydrogen-bond donors (Lipinski definition) is 2. The van der Waals surface area contributed by atoms with Crippen LogP contribution in [0.15, 0.2) is 29.4 Å². The molecule has 5 heteroatoms. The summed E-state index contributed by atoms with van der Waals surface area (Å²) in [6.45, 7) is 1.75. The molecule has 1 aliphatic rings. The second-order valence-electron chi connectivity index (χ2n) is 4.45. The number of carbonyl (C=O) groups excluding carboxylic acids is 1. The Morgan fingerprint density at radius 2 is 1.89 bits per heavy atom. The number of amidine groups is 1. The van der Waals surface area contributed by atoms with Crippen LogP contribution in [0.1, 0.15) is 24.0 Å². The number of nitrogens with two attached hydrogens (primary N) is 1. The second kappa shape index (κ2) is 5.53. The number of rotatable bonds is 3. The molecule has 3 N–H and O–H groups in total. The molecule has 1 aromatic carbocycles. The molecule has 0 atom stereocenters. The van der Waals surface area contributed by atoms with Gasteiger partial charge in [0.1, 0.15) is 0 Å². The minimum absolute atomic E-state index is 0.0763. The Hall–Kier alpha value is -2.04. The number of amides is 1. The van der Waals surface area contributed by atoms with Crippen LogP contribution in [0.3, 0.4) is 0 Å². The lowest BCUT2D eigenvalue weighted by Gasteiger charge is -2.15. The van der Waals surface area contributed by atoms with E-state index in [0.29, 0.717) is 12.0 Å². The van der Waals surface area contributed by atoms with Crippen LogP contribution in [-0.4, -0.2) is 34.9 Å². The molecule has 1 aliphatic heterocycles. The van der Waals surface area contributed by atoms with Gasteiger partial charge in [0.2, 0.25) is 5.91 Å². The predicted molar refractivity (Wildman–Crippen MR) is 68.5 cm³/mol. The highest BCUT2D eigenvalue weighted by Crippen LogP contribution is 2.11. The van der Waals surface area contributed by atoms with E-state index < -0.39 is 0 Å². The molecule has 0 spiro atoms. The van der Waals surface area contributed by atoms with Crippen molar-refractivity contribution in [3.63, 3.8) is 0 Å². The largest absolute Gasteiger partial charge is 0.409 e. The fourth-order valence-corrected chi connectivity index (χ4v) is 2.10. The monoisotopic (exact) mass is 247 g/mol. The molecular formula is C13H17N3O2. The first-order chi connectivity index (χ1) is 8.70. The molecule has 0 aliphatic carbocycles. The summed E-state index contributed by atoms with van der Waals surface area (Å²) in [7, 11) is 0. The Balaban J connectivity index is 1.99. The zero-order valence-corrected chi connectivity index (χ0v) is 10.2. The van der Waals surface area contributed by atoms with Gasteiger partial charge < -0.3 is 15.8 Å². The molecule has 1 amide bonds. The highest BCUT2D eigenvalue weighted by molar-refractivity contribution is 5.97. The summed E-state index contributed by atoms with van der Waals surface area (Å²) in [5.41, 5.74) is 7.06. The van der Waals surface area contributed by atoms with Crippen LogP contribution in [0, 0.1) is 0 Å². The first kappa shape index (κ1) is 12.4. The Bertz CT molecular complexity index is 448. The summed E-state index contributed by atoms with van der Waals surface area (Å²) in [6, 6.07) is 7.17. The average Bonchev–Trinajstić information content (AvgIpc) is 2.92. The first-order valence-corrected chi connectivity index (χ1v) is 6.05. The van der Waals surface area contributed by atoms with E-state index in [1.54, 1.807) is 12.1 Å². The van der Waals surface area contributed by atoms with Crippen molar-refractivity contribution >= 4 is 11.7 Å². The van der Waals surface area contributed by atoms with Crippen molar-refractivity contribution in [3.05, 3.63) is 35.4 Å². The van der Waals surface area contributed by atoms with Gasteiger partial charge in [-0.1, -0.05) is 29.4 Å². The normalized spacial score (nSPS) is 16.0. The van der Waals surface area contributed by atoms with Gasteiger partial charge in [0.05, 0.1) is 6.42 Å². The molecule has 1 aromatic rings. The van der Waals surface area contributed by atoms with Crippen LogP contribution in [0.4, 0.5) is 0 Å². The molecule has 0 saturated carbocycles. The molecule has 5 nitrogen and oxygen atoms in total. The highest BCUT2D eigenvalue weighted by Gasteiger charge is 2.17. The molecular weight excluding hydrogens is 230 g/mol. The summed E-state index contributed by atoms with van der Waals surface area (Å²) in [4.78, 5) is 13.8. The fraction of sp³-hybridized carbons (Fsp3) is 0.385. The summed E-state index contributed by atoms with van der Waals surface area (Å²) >= 11 is 0. The van der Waals surface area contributed by atoms with Crippen molar-refractivity contribution < 1.29 is 10.0 Å². The van der Waals surface area contributed by atoms with E-state index in [1.165, 1.54) is 0 Å². The Labute approximate surface area is 106 Å². The number of likely N-dealkylation sites (tertiary alicyclic amines) is 1. The zero-order chi connectivity index (χ0) is 13.0. The lowest BCUT2D eigenvalue weighted by atomic mass is 10.1. The maximum atomic E-state index is 11.9. The minimum Gasteiger partial charge on any atom is -0.409 e. The predicted octanol–water partition coefficient (Wildman–Crippen LogP) is 0.946. The molecule has 96 valence electrons. The third kappa shape index (κ3) is 2.80. The Morgan fingerprint density at radius 3 is 2.44 bits per heavy atom. The lowest BCUT2D eigenvalue weighted by molar-refractivity contribution is -0.129. The van der Waals surface area contributed by atoms with Crippen molar-refractivity contribution in [2.45, 2.75) is 19.3 Å². The second-order valence-corrected chi connectivity index (χ2v) is 4.45. The molecule has 2 rings (SSSR count). The topological polar surface area (TPSA) is 78.9 Å². The van der Waals surface area contributed by atoms with Crippen LogP contribution >= 0.6 is 0 Å². The zero-order valence-electron chi connectivity index (χ0n) is 10.2. The van der Waals surface area contributed by atoms with E-state index >= 15 is 0 Å². The minimum atomic E-state index is 0.0763. The van der Waals surface area contributed by atoms with Crippen LogP contribution < -0.4 is 5.73 Å². The summed E-state index contributed by atoms with van der Waals surface area (Å²) < 4.78 is 0. The van der Waals surface area contributed by atoms with Crippen LogP contribution in [-0.2, 0) is 11.2 Å². The SMILES string of the molecule is NC(=NO)c1ccc(CC(=O)N2CCCC2)cc1. The maximum absolute atomic E-state index is 11.9. The molecule has 18 heavy (non-hydrogen) atoms. The third-order valence-electron chi connectivity index (χ3n) is 3.17. The van der Waals surface area contributed by atoms with Crippen LogP contribution in [0.25, 0.3) is 0 Å². The van der Waals surface area contributed by atoms with Gasteiger partial charge in [-0.15, -0.1) is 0 Å². The van der Waals surface area contributed by atoms with Gasteiger partial charge in [-0.25, -0.2) is 0 Å². The van der Waals surface area contributed by atoms with Crippen molar-refractivity contribution in [3.8, 4) is 0 Å². The Kier molecular flexibility index (Phi) is 3.82. The number of oxime groups is 1. The maximum Gasteiger partial charge on any atom is 0.226 e. The van der Waals surface area contributed by atoms with E-state index in [-0.39, 0.29) is 11.7 Å². The number of benzene rings is 1. The number of carbonyl (C=O) groups is 1. The molecule has 0 unspecified atom stereocenters. The summed E-state index contributed by atoms with van der Waals surface area (Å²) in [5, 5.41) is 11.5. The number of nitrogens with zero attached hydrogens (tertiary/aromatic N) is 2. The smallest absolute Gasteiger partial charge is 0.226 e. The van der Waals surface area contributed by atoms with Gasteiger partial charge in [0.15, 0.2) is 5.84 Å². The molecule has 1 heterocycles. The molecule has 1 saturated heterocycles. The van der Waals surface area contributed by atoms with Gasteiger partial charge in [-0.3, -0.25) is 4.79 Å². The lowest BCUT2D eigenvalue weighted by Crippen LogP contribution is -2.29. The fourth-order valence-electron chi connectivity index (χ4n) is 2.10. The quantitative estimate of drug-likeness (QED) is 0.361. The van der Waals surface area contributed by atoms with E-state index in [0.717, 1.165) is 31.5 Å². The first-order valence-electron chi connectivity index (χ1n) is 6.05. The van der Waals surface area contributed by atoms with Crippen molar-refractivity contribution in [1.82, 2.24) is 4.90 Å². The van der Waals surface area contributed by atoms with E-state index in [1.807, 2.05) is 17.0 Å². The van der Waals surface area contributed by atoms with Gasteiger partial charge in [-0.2, -0.15) is 0 Å². The van der Waals surface area contributed by atoms with E-state index in [9.17, 15) is 4.79 Å². The van der Waals surface area contributed by atoms with E-state index in [4.69, 9.17) is 10.9 Å². The van der Waals surface area contributed by atoms with E-state index in [2.05, 4.69) is 5.16 Å². The molecule has 0 radical (unpaired) electrons. The van der Waals surface area contributed by atoms with Gasteiger partial charge >= 0.3 is 0 Å². The summed E-state index contributed by atoms with van der Waals surface area (Å²) in [6.07, 6.45) is 2.62.